The van der Waals surface area contributed by atoms with Gasteiger partial charge in [0.15, 0.2) is 11.5 Å². The van der Waals surface area contributed by atoms with Crippen LogP contribution in [0.2, 0.25) is 0 Å². The maximum Gasteiger partial charge on any atom is 0.326 e. The average Bonchev–Trinajstić information content (AvgIpc) is 3.13. The molecule has 8 heteroatoms. The highest BCUT2D eigenvalue weighted by atomic mass is 16.5. The molecular formula is C15H20N4O4. The minimum Gasteiger partial charge on any atom is -0.480 e. The summed E-state index contributed by atoms with van der Waals surface area (Å²) in [7, 11) is 0. The molecule has 0 aromatic carbocycles. The van der Waals surface area contributed by atoms with E-state index >= 15 is 0 Å². The topological polar surface area (TPSA) is 110 Å². The number of hydrogen-bond donors (Lipinski definition) is 2. The molecule has 0 bridgehead atoms. The van der Waals surface area contributed by atoms with Gasteiger partial charge in [-0.1, -0.05) is 25.4 Å². The summed E-state index contributed by atoms with van der Waals surface area (Å²) in [5, 5.41) is 19.5. The number of aromatic nitrogens is 3. The van der Waals surface area contributed by atoms with Crippen LogP contribution in [-0.2, 0) is 11.3 Å². The maximum atomic E-state index is 12.1. The highest BCUT2D eigenvalue weighted by molar-refractivity contribution is 5.94. The average molecular weight is 320 g/mol. The first-order valence-electron chi connectivity index (χ1n) is 7.39. The van der Waals surface area contributed by atoms with Gasteiger partial charge in [0.2, 0.25) is 0 Å². The van der Waals surface area contributed by atoms with E-state index in [0.717, 1.165) is 5.56 Å². The highest BCUT2D eigenvalue weighted by Crippen LogP contribution is 2.11. The van der Waals surface area contributed by atoms with Gasteiger partial charge in [-0.2, -0.15) is 5.10 Å². The minimum atomic E-state index is -1.07. The summed E-state index contributed by atoms with van der Waals surface area (Å²) in [6.45, 7) is 5.91. The monoisotopic (exact) mass is 320 g/mol. The molecule has 2 aromatic rings. The maximum absolute atomic E-state index is 12.1. The molecule has 0 radical (unpaired) electrons. The molecule has 0 aliphatic heterocycles. The zero-order chi connectivity index (χ0) is 17.0. The number of carbonyl (C=O) groups is 2. The van der Waals surface area contributed by atoms with Crippen molar-refractivity contribution >= 4 is 11.9 Å². The Labute approximate surface area is 133 Å². The van der Waals surface area contributed by atoms with Crippen LogP contribution < -0.4 is 5.32 Å². The number of nitrogens with zero attached hydrogens (tertiary/aromatic N) is 3. The predicted octanol–water partition coefficient (Wildman–Crippen LogP) is 1.46. The van der Waals surface area contributed by atoms with E-state index in [1.807, 2.05) is 20.0 Å². The molecule has 2 aromatic heterocycles. The standard InChI is InChI=1S/C15H20N4O4/c1-4-10(3)13(15(21)22)17-14(20)12-5-11(23-18-12)8-19-7-9(2)6-16-19/h5-7,10,13H,4,8H2,1-3H3,(H,17,20)(H,21,22)/t10-,13-/m0/s1. The fourth-order valence-electron chi connectivity index (χ4n) is 2.11. The number of carbonyl (C=O) groups excluding carboxylic acids is 1. The first kappa shape index (κ1) is 16.7. The van der Waals surface area contributed by atoms with Gasteiger partial charge in [-0.3, -0.25) is 9.48 Å². The zero-order valence-corrected chi connectivity index (χ0v) is 13.3. The van der Waals surface area contributed by atoms with Crippen LogP contribution in [-0.4, -0.2) is 38.0 Å². The van der Waals surface area contributed by atoms with Crippen LogP contribution >= 0.6 is 0 Å². The Kier molecular flexibility index (Phi) is 5.15. The molecule has 0 unspecified atom stereocenters. The normalized spacial score (nSPS) is 13.5. The lowest BCUT2D eigenvalue weighted by molar-refractivity contribution is -0.140. The Hall–Kier alpha value is -2.64. The summed E-state index contributed by atoms with van der Waals surface area (Å²) >= 11 is 0. The van der Waals surface area contributed by atoms with E-state index in [4.69, 9.17) is 4.52 Å². The van der Waals surface area contributed by atoms with Crippen molar-refractivity contribution in [1.82, 2.24) is 20.3 Å². The fourth-order valence-corrected chi connectivity index (χ4v) is 2.11. The number of rotatable bonds is 7. The quantitative estimate of drug-likeness (QED) is 0.799. The first-order chi connectivity index (χ1) is 10.9. The number of aryl methyl sites for hydroxylation is 1. The van der Waals surface area contributed by atoms with Gasteiger partial charge in [0, 0.05) is 12.3 Å². The SMILES string of the molecule is CC[C@H](C)[C@H](NC(=O)c1cc(Cn2cc(C)cn2)on1)C(=O)O. The number of carboxylic acids is 1. The molecule has 0 fully saturated rings. The van der Waals surface area contributed by atoms with Gasteiger partial charge in [0.25, 0.3) is 5.91 Å². The van der Waals surface area contributed by atoms with Crippen molar-refractivity contribution in [2.75, 3.05) is 0 Å². The zero-order valence-electron chi connectivity index (χ0n) is 13.3. The molecule has 2 rings (SSSR count). The van der Waals surface area contributed by atoms with Crippen LogP contribution in [0.5, 0.6) is 0 Å². The molecule has 2 N–H and O–H groups in total. The van der Waals surface area contributed by atoms with Crippen LogP contribution in [0.4, 0.5) is 0 Å². The van der Waals surface area contributed by atoms with E-state index in [1.165, 1.54) is 6.07 Å². The predicted molar refractivity (Wildman–Crippen MR) is 80.9 cm³/mol. The highest BCUT2D eigenvalue weighted by Gasteiger charge is 2.27. The number of nitrogens with one attached hydrogen (secondary N) is 1. The lowest BCUT2D eigenvalue weighted by atomic mass is 9.99. The molecule has 1 amide bonds. The molecule has 124 valence electrons. The van der Waals surface area contributed by atoms with Crippen molar-refractivity contribution in [1.29, 1.82) is 0 Å². The Morgan fingerprint density at radius 2 is 2.22 bits per heavy atom. The summed E-state index contributed by atoms with van der Waals surface area (Å²) in [5.41, 5.74) is 1.07. The molecule has 0 saturated heterocycles. The molecule has 8 nitrogen and oxygen atoms in total. The summed E-state index contributed by atoms with van der Waals surface area (Å²) in [4.78, 5) is 23.4. The molecule has 0 spiro atoms. The van der Waals surface area contributed by atoms with Crippen molar-refractivity contribution in [3.8, 4) is 0 Å². The fraction of sp³-hybridized carbons (Fsp3) is 0.467. The molecule has 0 saturated carbocycles. The first-order valence-corrected chi connectivity index (χ1v) is 7.39. The van der Waals surface area contributed by atoms with Crippen molar-refractivity contribution in [2.45, 2.75) is 39.8 Å². The summed E-state index contributed by atoms with van der Waals surface area (Å²) in [6, 6.07) is 0.531. The minimum absolute atomic E-state index is 0.0541. The van der Waals surface area contributed by atoms with Gasteiger partial charge < -0.3 is 14.9 Å². The largest absolute Gasteiger partial charge is 0.480 e. The smallest absolute Gasteiger partial charge is 0.326 e. The van der Waals surface area contributed by atoms with Crippen molar-refractivity contribution in [2.24, 2.45) is 5.92 Å². The van der Waals surface area contributed by atoms with E-state index in [1.54, 1.807) is 17.8 Å². The number of amides is 1. The number of aliphatic carboxylic acids is 1. The van der Waals surface area contributed by atoms with Crippen LogP contribution in [0.1, 0.15) is 42.1 Å². The van der Waals surface area contributed by atoms with Gasteiger partial charge >= 0.3 is 5.97 Å². The van der Waals surface area contributed by atoms with Crippen LogP contribution in [0.15, 0.2) is 23.0 Å². The van der Waals surface area contributed by atoms with E-state index in [0.29, 0.717) is 18.7 Å². The van der Waals surface area contributed by atoms with Gasteiger partial charge in [-0.25, -0.2) is 4.79 Å². The summed E-state index contributed by atoms with van der Waals surface area (Å²) in [5.74, 6) is -1.35. The Balaban J connectivity index is 2.04. The van der Waals surface area contributed by atoms with E-state index in [-0.39, 0.29) is 11.6 Å². The second kappa shape index (κ2) is 7.08. The van der Waals surface area contributed by atoms with E-state index < -0.39 is 17.9 Å². The third-order valence-corrected chi connectivity index (χ3v) is 3.64. The van der Waals surface area contributed by atoms with Gasteiger partial charge in [0.1, 0.15) is 12.6 Å². The molecular weight excluding hydrogens is 300 g/mol. The summed E-state index contributed by atoms with van der Waals surface area (Å²) < 4.78 is 6.77. The molecule has 0 aliphatic rings. The van der Waals surface area contributed by atoms with Crippen molar-refractivity contribution in [3.05, 3.63) is 35.5 Å². The van der Waals surface area contributed by atoms with E-state index in [9.17, 15) is 14.7 Å². The molecule has 0 aliphatic carbocycles. The summed E-state index contributed by atoms with van der Waals surface area (Å²) in [6.07, 6.45) is 4.19. The Bertz CT molecular complexity index is 691. The lowest BCUT2D eigenvalue weighted by Crippen LogP contribution is -2.45. The van der Waals surface area contributed by atoms with Gasteiger partial charge in [-0.15, -0.1) is 0 Å². The van der Waals surface area contributed by atoms with Crippen molar-refractivity contribution < 1.29 is 19.2 Å². The third-order valence-electron chi connectivity index (χ3n) is 3.64. The van der Waals surface area contributed by atoms with Crippen molar-refractivity contribution in [3.63, 3.8) is 0 Å². The van der Waals surface area contributed by atoms with Crippen LogP contribution in [0.3, 0.4) is 0 Å². The second-order valence-corrected chi connectivity index (χ2v) is 5.57. The van der Waals surface area contributed by atoms with E-state index in [2.05, 4.69) is 15.6 Å². The molecule has 23 heavy (non-hydrogen) atoms. The van der Waals surface area contributed by atoms with Crippen LogP contribution in [0, 0.1) is 12.8 Å². The molecule has 2 heterocycles. The van der Waals surface area contributed by atoms with Crippen LogP contribution in [0.25, 0.3) is 0 Å². The second-order valence-electron chi connectivity index (χ2n) is 5.57. The number of hydrogen-bond acceptors (Lipinski definition) is 5. The number of carboxylic acid groups (broad SMARTS) is 1. The third kappa shape index (κ3) is 4.18. The van der Waals surface area contributed by atoms with Gasteiger partial charge in [0.05, 0.1) is 6.20 Å². The Morgan fingerprint density at radius 1 is 1.48 bits per heavy atom. The Morgan fingerprint density at radius 3 is 2.78 bits per heavy atom. The lowest BCUT2D eigenvalue weighted by Gasteiger charge is -2.19. The van der Waals surface area contributed by atoms with Gasteiger partial charge in [-0.05, 0) is 18.4 Å². The molecule has 2 atom stereocenters.